The fraction of sp³-hybridized carbons (Fsp3) is 0.455. The number of hydrogen-bond donors (Lipinski definition) is 0. The summed E-state index contributed by atoms with van der Waals surface area (Å²) in [5, 5.41) is 0. The molecule has 0 bridgehead atoms. The summed E-state index contributed by atoms with van der Waals surface area (Å²) in [4.78, 5) is 0.449. The predicted octanol–water partition coefficient (Wildman–Crippen LogP) is 1.82. The van der Waals surface area contributed by atoms with Crippen molar-refractivity contribution in [2.75, 3.05) is 6.26 Å². The molecule has 1 aliphatic carbocycles. The summed E-state index contributed by atoms with van der Waals surface area (Å²) in [6, 6.07) is 5.50. The highest BCUT2D eigenvalue weighted by Gasteiger charge is 2.19. The van der Waals surface area contributed by atoms with Crippen molar-refractivity contribution in [2.24, 2.45) is 5.92 Å². The lowest BCUT2D eigenvalue weighted by atomic mass is 10.1. The van der Waals surface area contributed by atoms with Crippen molar-refractivity contribution in [3.05, 3.63) is 29.3 Å². The van der Waals surface area contributed by atoms with E-state index in [9.17, 15) is 8.42 Å². The van der Waals surface area contributed by atoms with Gasteiger partial charge in [-0.15, -0.1) is 0 Å². The minimum Gasteiger partial charge on any atom is -0.224 e. The molecule has 3 heteroatoms. The molecule has 1 atom stereocenters. The molecule has 14 heavy (non-hydrogen) atoms. The smallest absolute Gasteiger partial charge is 0.175 e. The van der Waals surface area contributed by atoms with Crippen LogP contribution in [0.4, 0.5) is 0 Å². The minimum absolute atomic E-state index is 0.449. The van der Waals surface area contributed by atoms with E-state index < -0.39 is 9.84 Å². The van der Waals surface area contributed by atoms with Crippen LogP contribution in [-0.4, -0.2) is 14.7 Å². The van der Waals surface area contributed by atoms with E-state index in [0.717, 1.165) is 12.8 Å². The fourth-order valence-electron chi connectivity index (χ4n) is 2.05. The van der Waals surface area contributed by atoms with E-state index in [4.69, 9.17) is 0 Å². The lowest BCUT2D eigenvalue weighted by molar-refractivity contribution is 0.601. The lowest BCUT2D eigenvalue weighted by Gasteiger charge is -2.02. The van der Waals surface area contributed by atoms with Crippen LogP contribution in [0.2, 0.25) is 0 Å². The predicted molar refractivity (Wildman–Crippen MR) is 56.1 cm³/mol. The molecule has 2 rings (SSSR count). The second kappa shape index (κ2) is 3.09. The number of sulfone groups is 1. The van der Waals surface area contributed by atoms with Crippen LogP contribution in [0.3, 0.4) is 0 Å². The fourth-order valence-corrected chi connectivity index (χ4v) is 2.72. The maximum absolute atomic E-state index is 11.3. The van der Waals surface area contributed by atoms with Gasteiger partial charge in [0.15, 0.2) is 9.84 Å². The Hall–Kier alpha value is -0.830. The Bertz CT molecular complexity index is 460. The third-order valence-electron chi connectivity index (χ3n) is 2.74. The Morgan fingerprint density at radius 1 is 1.21 bits per heavy atom. The molecule has 0 fully saturated rings. The van der Waals surface area contributed by atoms with Crippen molar-refractivity contribution in [2.45, 2.75) is 24.7 Å². The number of fused-ring (bicyclic) bond motifs is 1. The van der Waals surface area contributed by atoms with Gasteiger partial charge in [-0.3, -0.25) is 0 Å². The van der Waals surface area contributed by atoms with Gasteiger partial charge >= 0.3 is 0 Å². The van der Waals surface area contributed by atoms with Crippen molar-refractivity contribution in [3.63, 3.8) is 0 Å². The molecule has 0 radical (unpaired) electrons. The topological polar surface area (TPSA) is 34.1 Å². The molecule has 76 valence electrons. The molecular formula is C11H14O2S. The SMILES string of the molecule is CC1Cc2ccc(S(C)(=O)=O)cc2C1. The molecule has 0 aromatic heterocycles. The molecule has 1 aromatic carbocycles. The molecule has 2 nitrogen and oxygen atoms in total. The van der Waals surface area contributed by atoms with E-state index in [2.05, 4.69) is 6.92 Å². The highest BCUT2D eigenvalue weighted by molar-refractivity contribution is 7.90. The zero-order valence-electron chi connectivity index (χ0n) is 8.45. The maximum atomic E-state index is 11.3. The molecular weight excluding hydrogens is 196 g/mol. The number of rotatable bonds is 1. The molecule has 1 unspecified atom stereocenters. The van der Waals surface area contributed by atoms with Crippen LogP contribution < -0.4 is 0 Å². The second-order valence-corrected chi connectivity index (χ2v) is 6.23. The first-order valence-electron chi connectivity index (χ1n) is 4.78. The van der Waals surface area contributed by atoms with Crippen LogP contribution in [-0.2, 0) is 22.7 Å². The van der Waals surface area contributed by atoms with Gasteiger partial charge in [-0.2, -0.15) is 0 Å². The lowest BCUT2D eigenvalue weighted by Crippen LogP contribution is -1.98. The van der Waals surface area contributed by atoms with Gasteiger partial charge in [0.2, 0.25) is 0 Å². The summed E-state index contributed by atoms with van der Waals surface area (Å²) in [6.45, 7) is 2.19. The summed E-state index contributed by atoms with van der Waals surface area (Å²) in [5.41, 5.74) is 2.52. The Balaban J connectivity index is 2.48. The van der Waals surface area contributed by atoms with Crippen LogP contribution >= 0.6 is 0 Å². The van der Waals surface area contributed by atoms with Crippen molar-refractivity contribution in [3.8, 4) is 0 Å². The van der Waals surface area contributed by atoms with Crippen molar-refractivity contribution >= 4 is 9.84 Å². The van der Waals surface area contributed by atoms with E-state index in [1.807, 2.05) is 12.1 Å². The first-order valence-corrected chi connectivity index (χ1v) is 6.68. The summed E-state index contributed by atoms with van der Waals surface area (Å²) in [7, 11) is -3.04. The molecule has 0 heterocycles. The van der Waals surface area contributed by atoms with Crippen molar-refractivity contribution in [1.29, 1.82) is 0 Å². The van der Waals surface area contributed by atoms with Crippen LogP contribution in [0.25, 0.3) is 0 Å². The van der Waals surface area contributed by atoms with E-state index >= 15 is 0 Å². The average molecular weight is 210 g/mol. The zero-order valence-corrected chi connectivity index (χ0v) is 9.26. The first-order chi connectivity index (χ1) is 6.47. The molecule has 0 N–H and O–H groups in total. The normalized spacial score (nSPS) is 20.9. The van der Waals surface area contributed by atoms with E-state index in [1.54, 1.807) is 6.07 Å². The van der Waals surface area contributed by atoms with Gasteiger partial charge in [-0.25, -0.2) is 8.42 Å². The van der Waals surface area contributed by atoms with Gasteiger partial charge in [-0.1, -0.05) is 13.0 Å². The third kappa shape index (κ3) is 1.69. The highest BCUT2D eigenvalue weighted by atomic mass is 32.2. The van der Waals surface area contributed by atoms with E-state index in [-0.39, 0.29) is 0 Å². The minimum atomic E-state index is -3.04. The van der Waals surface area contributed by atoms with Gasteiger partial charge in [0.05, 0.1) is 4.90 Å². The summed E-state index contributed by atoms with van der Waals surface area (Å²) in [5.74, 6) is 0.653. The largest absolute Gasteiger partial charge is 0.224 e. The van der Waals surface area contributed by atoms with Crippen molar-refractivity contribution < 1.29 is 8.42 Å². The summed E-state index contributed by atoms with van der Waals surface area (Å²) >= 11 is 0. The molecule has 1 aromatic rings. The highest BCUT2D eigenvalue weighted by Crippen LogP contribution is 2.28. The Labute approximate surface area is 84.9 Å². The number of benzene rings is 1. The third-order valence-corrected chi connectivity index (χ3v) is 3.85. The zero-order chi connectivity index (χ0) is 10.3. The molecule has 0 aliphatic heterocycles. The molecule has 0 saturated heterocycles. The molecule has 1 aliphatic rings. The molecule has 0 spiro atoms. The van der Waals surface area contributed by atoms with Crippen LogP contribution in [0.1, 0.15) is 18.1 Å². The molecule has 0 amide bonds. The Morgan fingerprint density at radius 2 is 1.86 bits per heavy atom. The summed E-state index contributed by atoms with van der Waals surface area (Å²) in [6.07, 6.45) is 3.35. The van der Waals surface area contributed by atoms with E-state index in [0.29, 0.717) is 10.8 Å². The second-order valence-electron chi connectivity index (χ2n) is 4.22. The first kappa shape index (κ1) is 9.71. The Kier molecular flexibility index (Phi) is 2.14. The maximum Gasteiger partial charge on any atom is 0.175 e. The molecule has 0 saturated carbocycles. The standard InChI is InChI=1S/C11H14O2S/c1-8-5-9-3-4-11(14(2,12)13)7-10(9)6-8/h3-4,7-8H,5-6H2,1-2H3. The van der Waals surface area contributed by atoms with Crippen LogP contribution in [0.15, 0.2) is 23.1 Å². The quantitative estimate of drug-likeness (QED) is 0.708. The van der Waals surface area contributed by atoms with Crippen molar-refractivity contribution in [1.82, 2.24) is 0 Å². The summed E-state index contributed by atoms with van der Waals surface area (Å²) < 4.78 is 22.6. The average Bonchev–Trinajstić information content (AvgIpc) is 2.41. The van der Waals surface area contributed by atoms with E-state index in [1.165, 1.54) is 17.4 Å². The van der Waals surface area contributed by atoms with Gasteiger partial charge < -0.3 is 0 Å². The number of hydrogen-bond acceptors (Lipinski definition) is 2. The van der Waals surface area contributed by atoms with Gasteiger partial charge in [-0.05, 0) is 42.0 Å². The monoisotopic (exact) mass is 210 g/mol. The Morgan fingerprint density at radius 3 is 2.50 bits per heavy atom. The van der Waals surface area contributed by atoms with Crippen LogP contribution in [0, 0.1) is 5.92 Å². The van der Waals surface area contributed by atoms with Gasteiger partial charge in [0.25, 0.3) is 0 Å². The van der Waals surface area contributed by atoms with Gasteiger partial charge in [0.1, 0.15) is 0 Å². The van der Waals surface area contributed by atoms with Crippen LogP contribution in [0.5, 0.6) is 0 Å². The van der Waals surface area contributed by atoms with Gasteiger partial charge in [0, 0.05) is 6.26 Å².